The fourth-order valence-electron chi connectivity index (χ4n) is 1.94. The van der Waals surface area contributed by atoms with Gasteiger partial charge in [0, 0.05) is 20.2 Å². The second kappa shape index (κ2) is 7.63. The van der Waals surface area contributed by atoms with E-state index in [1.165, 1.54) is 6.42 Å². The summed E-state index contributed by atoms with van der Waals surface area (Å²) in [6.45, 7) is 2.60. The van der Waals surface area contributed by atoms with Crippen molar-refractivity contribution in [3.05, 3.63) is 0 Å². The molecule has 16 heavy (non-hydrogen) atoms. The number of rotatable bonds is 6. The van der Waals surface area contributed by atoms with E-state index < -0.39 is 0 Å². The summed E-state index contributed by atoms with van der Waals surface area (Å²) in [6, 6.07) is 0. The number of carbonyl (C=O) groups is 1. The molecule has 1 aliphatic heterocycles. The van der Waals surface area contributed by atoms with Gasteiger partial charge in [0.1, 0.15) is 0 Å². The average Bonchev–Trinajstić information content (AvgIpc) is 2.30. The van der Waals surface area contributed by atoms with Gasteiger partial charge in [-0.3, -0.25) is 4.79 Å². The fraction of sp³-hybridized carbons (Fsp3) is 0.917. The third kappa shape index (κ3) is 4.94. The lowest BCUT2D eigenvalue weighted by molar-refractivity contribution is -0.133. The Balaban J connectivity index is 2.16. The van der Waals surface area contributed by atoms with Gasteiger partial charge < -0.3 is 15.0 Å². The topological polar surface area (TPSA) is 41.6 Å². The fourth-order valence-corrected chi connectivity index (χ4v) is 1.94. The van der Waals surface area contributed by atoms with Crippen LogP contribution in [0.15, 0.2) is 0 Å². The highest BCUT2D eigenvalue weighted by Gasteiger charge is 2.19. The Bertz CT molecular complexity index is 203. The molecule has 1 aliphatic rings. The molecule has 1 heterocycles. The molecule has 94 valence electrons. The first kappa shape index (κ1) is 13.5. The molecule has 0 bridgehead atoms. The van der Waals surface area contributed by atoms with E-state index in [0.717, 1.165) is 39.0 Å². The van der Waals surface area contributed by atoms with Crippen LogP contribution in [0.1, 0.15) is 32.1 Å². The second-order valence-electron chi connectivity index (χ2n) is 4.47. The highest BCUT2D eigenvalue weighted by atomic mass is 16.5. The van der Waals surface area contributed by atoms with Crippen LogP contribution in [0.2, 0.25) is 0 Å². The van der Waals surface area contributed by atoms with Gasteiger partial charge in [0.25, 0.3) is 0 Å². The van der Waals surface area contributed by atoms with Gasteiger partial charge in [-0.05, 0) is 39.3 Å². The highest BCUT2D eigenvalue weighted by Crippen LogP contribution is 2.16. The molecule has 1 amide bonds. The maximum absolute atomic E-state index is 11.8. The lowest BCUT2D eigenvalue weighted by atomic mass is 10.1. The van der Waals surface area contributed by atoms with Crippen LogP contribution in [-0.4, -0.2) is 50.7 Å². The minimum atomic E-state index is 0.160. The Hall–Kier alpha value is -0.610. The number of ether oxygens (including phenoxy) is 1. The van der Waals surface area contributed by atoms with Crippen molar-refractivity contribution in [1.29, 1.82) is 0 Å². The lowest BCUT2D eigenvalue weighted by Gasteiger charge is -2.24. The molecule has 1 unspecified atom stereocenters. The summed E-state index contributed by atoms with van der Waals surface area (Å²) in [5.74, 6) is 0.211. The molecule has 1 rings (SSSR count). The molecule has 0 spiro atoms. The van der Waals surface area contributed by atoms with Gasteiger partial charge in [-0.2, -0.15) is 0 Å². The molecule has 1 N–H and O–H groups in total. The Labute approximate surface area is 98.3 Å². The summed E-state index contributed by atoms with van der Waals surface area (Å²) in [6.07, 6.45) is 5.09. The zero-order valence-electron chi connectivity index (χ0n) is 10.5. The molecule has 0 aromatic rings. The molecular weight excluding hydrogens is 204 g/mol. The largest absolute Gasteiger partial charge is 0.378 e. The van der Waals surface area contributed by atoms with Gasteiger partial charge in [0.15, 0.2) is 0 Å². The van der Waals surface area contributed by atoms with Gasteiger partial charge >= 0.3 is 0 Å². The van der Waals surface area contributed by atoms with Gasteiger partial charge in [0.05, 0.1) is 12.5 Å². The van der Waals surface area contributed by atoms with Crippen LogP contribution >= 0.6 is 0 Å². The zero-order valence-corrected chi connectivity index (χ0v) is 10.5. The average molecular weight is 228 g/mol. The summed E-state index contributed by atoms with van der Waals surface area (Å²) >= 11 is 0. The van der Waals surface area contributed by atoms with Crippen molar-refractivity contribution < 1.29 is 9.53 Å². The predicted octanol–water partition coefficient (Wildman–Crippen LogP) is 1.01. The summed E-state index contributed by atoms with van der Waals surface area (Å²) in [5.41, 5.74) is 0. The molecule has 0 aromatic carbocycles. The van der Waals surface area contributed by atoms with Crippen LogP contribution in [0, 0.1) is 0 Å². The van der Waals surface area contributed by atoms with Gasteiger partial charge in [-0.1, -0.05) is 0 Å². The molecule has 1 atom stereocenters. The monoisotopic (exact) mass is 228 g/mol. The Morgan fingerprint density at radius 3 is 2.94 bits per heavy atom. The van der Waals surface area contributed by atoms with Crippen LogP contribution in [0.4, 0.5) is 0 Å². The number of amides is 1. The van der Waals surface area contributed by atoms with Crippen LogP contribution < -0.4 is 5.32 Å². The number of nitrogens with zero attached hydrogens (tertiary/aromatic N) is 1. The van der Waals surface area contributed by atoms with Gasteiger partial charge in [-0.25, -0.2) is 0 Å². The number of hydrogen-bond donors (Lipinski definition) is 1. The quantitative estimate of drug-likeness (QED) is 0.690. The maximum Gasteiger partial charge on any atom is 0.224 e. The molecular formula is C12H24N2O2. The minimum absolute atomic E-state index is 0.160. The summed E-state index contributed by atoms with van der Waals surface area (Å²) < 4.78 is 5.56. The smallest absolute Gasteiger partial charge is 0.224 e. The first-order chi connectivity index (χ1) is 7.74. The van der Waals surface area contributed by atoms with E-state index in [2.05, 4.69) is 5.32 Å². The van der Waals surface area contributed by atoms with Crippen LogP contribution in [-0.2, 0) is 9.53 Å². The third-order valence-corrected chi connectivity index (χ3v) is 3.02. The van der Waals surface area contributed by atoms with Gasteiger partial charge in [0.2, 0.25) is 5.91 Å². The first-order valence-corrected chi connectivity index (χ1v) is 6.24. The minimum Gasteiger partial charge on any atom is -0.378 e. The van der Waals surface area contributed by atoms with E-state index in [0.29, 0.717) is 6.42 Å². The van der Waals surface area contributed by atoms with E-state index in [-0.39, 0.29) is 12.0 Å². The van der Waals surface area contributed by atoms with E-state index in [1.54, 1.807) is 0 Å². The molecule has 0 saturated carbocycles. The predicted molar refractivity (Wildman–Crippen MR) is 64.4 cm³/mol. The van der Waals surface area contributed by atoms with E-state index >= 15 is 0 Å². The van der Waals surface area contributed by atoms with Crippen molar-refractivity contribution in [1.82, 2.24) is 10.2 Å². The van der Waals surface area contributed by atoms with Crippen molar-refractivity contribution in [2.45, 2.75) is 38.2 Å². The summed E-state index contributed by atoms with van der Waals surface area (Å²) in [4.78, 5) is 13.6. The van der Waals surface area contributed by atoms with Crippen molar-refractivity contribution in [3.8, 4) is 0 Å². The summed E-state index contributed by atoms with van der Waals surface area (Å²) in [7, 11) is 3.80. The molecule has 0 aliphatic carbocycles. The Morgan fingerprint density at radius 1 is 1.50 bits per heavy atom. The Morgan fingerprint density at radius 2 is 2.31 bits per heavy atom. The number of carbonyl (C=O) groups excluding carboxylic acids is 1. The first-order valence-electron chi connectivity index (χ1n) is 6.24. The lowest BCUT2D eigenvalue weighted by Crippen LogP contribution is -2.33. The second-order valence-corrected chi connectivity index (χ2v) is 4.47. The highest BCUT2D eigenvalue weighted by molar-refractivity contribution is 5.76. The molecule has 0 aromatic heterocycles. The van der Waals surface area contributed by atoms with Crippen molar-refractivity contribution in [2.75, 3.05) is 33.8 Å². The standard InChI is InChI=1S/C12H24N2O2/c1-13-7-5-8-14(2)12(15)10-11-6-3-4-9-16-11/h11,13H,3-10H2,1-2H3. The van der Waals surface area contributed by atoms with Gasteiger partial charge in [-0.15, -0.1) is 0 Å². The normalized spacial score (nSPS) is 20.8. The molecule has 4 nitrogen and oxygen atoms in total. The SMILES string of the molecule is CNCCCN(C)C(=O)CC1CCCCO1. The van der Waals surface area contributed by atoms with E-state index in [4.69, 9.17) is 4.74 Å². The third-order valence-electron chi connectivity index (χ3n) is 3.02. The van der Waals surface area contributed by atoms with Crippen LogP contribution in [0.3, 0.4) is 0 Å². The van der Waals surface area contributed by atoms with E-state index in [1.807, 2.05) is 19.0 Å². The molecule has 1 saturated heterocycles. The van der Waals surface area contributed by atoms with Crippen molar-refractivity contribution >= 4 is 5.91 Å². The molecule has 0 radical (unpaired) electrons. The van der Waals surface area contributed by atoms with Crippen LogP contribution in [0.25, 0.3) is 0 Å². The van der Waals surface area contributed by atoms with Crippen molar-refractivity contribution in [2.24, 2.45) is 0 Å². The summed E-state index contributed by atoms with van der Waals surface area (Å²) in [5, 5.41) is 3.08. The number of hydrogen-bond acceptors (Lipinski definition) is 3. The van der Waals surface area contributed by atoms with Crippen LogP contribution in [0.5, 0.6) is 0 Å². The molecule has 1 fully saturated rings. The Kier molecular flexibility index (Phi) is 6.42. The zero-order chi connectivity index (χ0) is 11.8. The van der Waals surface area contributed by atoms with E-state index in [9.17, 15) is 4.79 Å². The number of nitrogens with one attached hydrogen (secondary N) is 1. The molecule has 4 heteroatoms. The van der Waals surface area contributed by atoms with Crippen molar-refractivity contribution in [3.63, 3.8) is 0 Å². The maximum atomic E-state index is 11.8.